The Balaban J connectivity index is 2.36. The molecule has 0 unspecified atom stereocenters. The molecule has 0 amide bonds. The Bertz CT molecular complexity index is 476. The molecular formula is C13H13NOS. The molecule has 0 saturated heterocycles. The molecule has 3 heteroatoms. The van der Waals surface area contributed by atoms with E-state index in [1.54, 1.807) is 30.2 Å². The third-order valence-electron chi connectivity index (χ3n) is 2.29. The van der Waals surface area contributed by atoms with Crippen LogP contribution in [-0.2, 0) is 0 Å². The minimum Gasteiger partial charge on any atom is -0.367 e. The van der Waals surface area contributed by atoms with Crippen LogP contribution in [0.1, 0.15) is 22.8 Å². The number of nitrogens with one attached hydrogen (secondary N) is 1. The number of aromatic nitrogens is 1. The van der Waals surface area contributed by atoms with E-state index in [4.69, 9.17) is 0 Å². The van der Waals surface area contributed by atoms with Crippen LogP contribution in [0.25, 0.3) is 0 Å². The van der Waals surface area contributed by atoms with E-state index in [1.165, 1.54) is 0 Å². The fraction of sp³-hybridized carbons (Fsp3) is 0.154. The average Bonchev–Trinajstić information content (AvgIpc) is 2.83. The number of thioether (sulfide) groups is 1. The Morgan fingerprint density at radius 3 is 2.81 bits per heavy atom. The van der Waals surface area contributed by atoms with Gasteiger partial charge in [0.2, 0.25) is 0 Å². The molecule has 1 N–H and O–H groups in total. The Hall–Kier alpha value is -1.48. The van der Waals surface area contributed by atoms with Crippen LogP contribution < -0.4 is 0 Å². The predicted octanol–water partition coefficient (Wildman–Crippen LogP) is 3.36. The van der Waals surface area contributed by atoms with E-state index in [9.17, 15) is 4.79 Å². The van der Waals surface area contributed by atoms with Crippen LogP contribution in [-0.4, -0.2) is 16.5 Å². The van der Waals surface area contributed by atoms with Crippen LogP contribution in [0.4, 0.5) is 0 Å². The molecule has 0 aliphatic heterocycles. The molecule has 0 saturated carbocycles. The Morgan fingerprint density at radius 1 is 1.31 bits per heavy atom. The Kier molecular flexibility index (Phi) is 3.47. The molecule has 0 fully saturated rings. The van der Waals surface area contributed by atoms with Gasteiger partial charge in [0.1, 0.15) is 0 Å². The van der Waals surface area contributed by atoms with Gasteiger partial charge in [-0.05, 0) is 24.0 Å². The SMILES string of the molecule is CCSc1ccccc1C(=O)c1cc[nH]c1. The molecule has 1 aromatic heterocycles. The second-order valence-corrected chi connectivity index (χ2v) is 4.66. The average molecular weight is 231 g/mol. The molecule has 0 atom stereocenters. The van der Waals surface area contributed by atoms with Crippen LogP contribution in [0, 0.1) is 0 Å². The van der Waals surface area contributed by atoms with Gasteiger partial charge in [-0.15, -0.1) is 11.8 Å². The van der Waals surface area contributed by atoms with Crippen molar-refractivity contribution < 1.29 is 4.79 Å². The first-order chi connectivity index (χ1) is 7.83. The van der Waals surface area contributed by atoms with Gasteiger partial charge < -0.3 is 4.98 Å². The highest BCUT2D eigenvalue weighted by Crippen LogP contribution is 2.24. The summed E-state index contributed by atoms with van der Waals surface area (Å²) in [4.78, 5) is 16.1. The molecular weight excluding hydrogens is 218 g/mol. The number of benzene rings is 1. The van der Waals surface area contributed by atoms with Gasteiger partial charge in [0.25, 0.3) is 0 Å². The second-order valence-electron chi connectivity index (χ2n) is 3.36. The van der Waals surface area contributed by atoms with Gasteiger partial charge in [0.15, 0.2) is 5.78 Å². The number of ketones is 1. The highest BCUT2D eigenvalue weighted by molar-refractivity contribution is 7.99. The molecule has 1 aromatic carbocycles. The summed E-state index contributed by atoms with van der Waals surface area (Å²) >= 11 is 1.70. The van der Waals surface area contributed by atoms with Crippen molar-refractivity contribution in [3.8, 4) is 0 Å². The van der Waals surface area contributed by atoms with Crippen molar-refractivity contribution in [3.63, 3.8) is 0 Å². The lowest BCUT2D eigenvalue weighted by Crippen LogP contribution is -2.01. The van der Waals surface area contributed by atoms with Crippen molar-refractivity contribution in [3.05, 3.63) is 53.9 Å². The maximum absolute atomic E-state index is 12.2. The van der Waals surface area contributed by atoms with Crippen molar-refractivity contribution in [2.24, 2.45) is 0 Å². The number of aromatic amines is 1. The third kappa shape index (κ3) is 2.19. The lowest BCUT2D eigenvalue weighted by atomic mass is 10.1. The smallest absolute Gasteiger partial charge is 0.195 e. The summed E-state index contributed by atoms with van der Waals surface area (Å²) in [6.45, 7) is 2.09. The van der Waals surface area contributed by atoms with Gasteiger partial charge in [-0.2, -0.15) is 0 Å². The van der Waals surface area contributed by atoms with E-state index in [-0.39, 0.29) is 5.78 Å². The van der Waals surface area contributed by atoms with Gasteiger partial charge in [0.05, 0.1) is 0 Å². The molecule has 2 rings (SSSR count). The van der Waals surface area contributed by atoms with E-state index in [2.05, 4.69) is 11.9 Å². The zero-order valence-corrected chi connectivity index (χ0v) is 9.88. The van der Waals surface area contributed by atoms with Crippen LogP contribution in [0.3, 0.4) is 0 Å². The molecule has 2 nitrogen and oxygen atoms in total. The molecule has 0 aliphatic rings. The second kappa shape index (κ2) is 5.03. The highest BCUT2D eigenvalue weighted by atomic mass is 32.2. The van der Waals surface area contributed by atoms with Crippen molar-refractivity contribution in [1.82, 2.24) is 4.98 Å². The molecule has 16 heavy (non-hydrogen) atoms. The monoisotopic (exact) mass is 231 g/mol. The Morgan fingerprint density at radius 2 is 2.12 bits per heavy atom. The van der Waals surface area contributed by atoms with E-state index in [0.29, 0.717) is 5.56 Å². The standard InChI is InChI=1S/C13H13NOS/c1-2-16-12-6-4-3-5-11(12)13(15)10-7-8-14-9-10/h3-9,14H,2H2,1H3. The molecule has 1 heterocycles. The van der Waals surface area contributed by atoms with E-state index < -0.39 is 0 Å². The van der Waals surface area contributed by atoms with Crippen molar-refractivity contribution in [2.45, 2.75) is 11.8 Å². The van der Waals surface area contributed by atoms with Crippen LogP contribution >= 0.6 is 11.8 Å². The minimum absolute atomic E-state index is 0.0813. The topological polar surface area (TPSA) is 32.9 Å². The summed E-state index contributed by atoms with van der Waals surface area (Å²) in [6, 6.07) is 9.54. The zero-order valence-electron chi connectivity index (χ0n) is 9.07. The fourth-order valence-electron chi connectivity index (χ4n) is 1.56. The first kappa shape index (κ1) is 11.0. The molecule has 0 radical (unpaired) electrons. The van der Waals surface area contributed by atoms with Crippen molar-refractivity contribution in [2.75, 3.05) is 5.75 Å². The summed E-state index contributed by atoms with van der Waals surface area (Å²) in [7, 11) is 0. The predicted molar refractivity (Wildman–Crippen MR) is 67.1 cm³/mol. The fourth-order valence-corrected chi connectivity index (χ4v) is 2.36. The maximum atomic E-state index is 12.2. The Labute approximate surface area is 99.1 Å². The van der Waals surface area contributed by atoms with Crippen molar-refractivity contribution >= 4 is 17.5 Å². The molecule has 0 bridgehead atoms. The number of H-pyrrole nitrogens is 1. The van der Waals surface area contributed by atoms with Gasteiger partial charge in [0, 0.05) is 28.4 Å². The first-order valence-electron chi connectivity index (χ1n) is 5.22. The molecule has 82 valence electrons. The summed E-state index contributed by atoms with van der Waals surface area (Å²) in [5, 5.41) is 0. The number of rotatable bonds is 4. The molecule has 0 spiro atoms. The van der Waals surface area contributed by atoms with Gasteiger partial charge in [-0.3, -0.25) is 4.79 Å². The number of hydrogen-bond donors (Lipinski definition) is 1. The first-order valence-corrected chi connectivity index (χ1v) is 6.21. The number of carbonyl (C=O) groups excluding carboxylic acids is 1. The molecule has 2 aromatic rings. The van der Waals surface area contributed by atoms with E-state index >= 15 is 0 Å². The van der Waals surface area contributed by atoms with E-state index in [1.807, 2.05) is 24.3 Å². The van der Waals surface area contributed by atoms with Crippen LogP contribution in [0.2, 0.25) is 0 Å². The number of hydrogen-bond acceptors (Lipinski definition) is 2. The van der Waals surface area contributed by atoms with Gasteiger partial charge in [-0.1, -0.05) is 19.1 Å². The summed E-state index contributed by atoms with van der Waals surface area (Å²) in [6.07, 6.45) is 3.50. The largest absolute Gasteiger partial charge is 0.367 e. The van der Waals surface area contributed by atoms with Crippen LogP contribution in [0.5, 0.6) is 0 Å². The lowest BCUT2D eigenvalue weighted by molar-refractivity contribution is 0.103. The maximum Gasteiger partial charge on any atom is 0.195 e. The number of carbonyl (C=O) groups is 1. The third-order valence-corrected chi connectivity index (χ3v) is 3.25. The van der Waals surface area contributed by atoms with E-state index in [0.717, 1.165) is 16.2 Å². The van der Waals surface area contributed by atoms with Gasteiger partial charge >= 0.3 is 0 Å². The highest BCUT2D eigenvalue weighted by Gasteiger charge is 2.12. The summed E-state index contributed by atoms with van der Waals surface area (Å²) in [5.74, 6) is 1.05. The van der Waals surface area contributed by atoms with Gasteiger partial charge in [-0.25, -0.2) is 0 Å². The zero-order chi connectivity index (χ0) is 11.4. The van der Waals surface area contributed by atoms with Crippen molar-refractivity contribution in [1.29, 1.82) is 0 Å². The summed E-state index contributed by atoms with van der Waals surface area (Å²) in [5.41, 5.74) is 1.50. The van der Waals surface area contributed by atoms with Crippen LogP contribution in [0.15, 0.2) is 47.6 Å². The normalized spacial score (nSPS) is 10.3. The lowest BCUT2D eigenvalue weighted by Gasteiger charge is -2.05. The summed E-state index contributed by atoms with van der Waals surface area (Å²) < 4.78 is 0. The quantitative estimate of drug-likeness (QED) is 0.646. The molecule has 0 aliphatic carbocycles. The minimum atomic E-state index is 0.0813.